The van der Waals surface area contributed by atoms with Crippen LogP contribution in [-0.2, 0) is 6.42 Å². The Bertz CT molecular complexity index is 1070. The zero-order valence-electron chi connectivity index (χ0n) is 19.3. The van der Waals surface area contributed by atoms with Crippen molar-refractivity contribution >= 4 is 16.6 Å². The third kappa shape index (κ3) is 4.14. The van der Waals surface area contributed by atoms with E-state index in [-0.39, 0.29) is 5.92 Å². The Kier molecular flexibility index (Phi) is 5.92. The van der Waals surface area contributed by atoms with E-state index in [1.54, 1.807) is 0 Å². The summed E-state index contributed by atoms with van der Waals surface area (Å²) >= 11 is 0. The van der Waals surface area contributed by atoms with E-state index in [9.17, 15) is 5.11 Å². The van der Waals surface area contributed by atoms with E-state index in [0.717, 1.165) is 62.1 Å². The van der Waals surface area contributed by atoms with E-state index in [4.69, 9.17) is 4.98 Å². The lowest BCUT2D eigenvalue weighted by molar-refractivity contribution is -0.0578. The van der Waals surface area contributed by atoms with Gasteiger partial charge in [-0.15, -0.1) is 0 Å². The molecular formula is C28H35N3O. The van der Waals surface area contributed by atoms with Crippen LogP contribution in [0.25, 0.3) is 16.6 Å². The van der Waals surface area contributed by atoms with Crippen molar-refractivity contribution in [3.8, 4) is 0 Å². The minimum absolute atomic E-state index is 0.263. The molecule has 6 rings (SSSR count). The molecule has 4 nitrogen and oxygen atoms in total. The number of allylic oxidation sites excluding steroid dienone is 1. The molecule has 4 heteroatoms. The molecule has 3 aliphatic rings. The summed E-state index contributed by atoms with van der Waals surface area (Å²) in [7, 11) is 2.18. The van der Waals surface area contributed by atoms with Crippen LogP contribution in [0.3, 0.4) is 0 Å². The number of imidazole rings is 1. The number of hydrogen-bond donors (Lipinski definition) is 2. The maximum atomic E-state index is 11.8. The monoisotopic (exact) mass is 429 g/mol. The molecule has 2 aromatic carbocycles. The van der Waals surface area contributed by atoms with Gasteiger partial charge in [0.25, 0.3) is 0 Å². The highest BCUT2D eigenvalue weighted by Crippen LogP contribution is 2.54. The number of nitrogens with zero attached hydrogens (tertiary/aromatic N) is 2. The number of aryl methyl sites for hydroxylation is 1. The molecule has 1 aromatic heterocycles. The topological polar surface area (TPSA) is 52.1 Å². The second kappa shape index (κ2) is 8.84. The molecule has 3 aliphatic carbocycles. The molecule has 3 aromatic rings. The first-order valence-corrected chi connectivity index (χ1v) is 12.1. The number of H-pyrrole nitrogens is 1. The second-order valence-corrected chi connectivity index (χ2v) is 9.95. The van der Waals surface area contributed by atoms with Crippen LogP contribution in [0, 0.1) is 11.8 Å². The van der Waals surface area contributed by atoms with Crippen molar-refractivity contribution in [2.75, 3.05) is 20.1 Å². The normalized spacial score (nSPS) is 25.2. The van der Waals surface area contributed by atoms with Gasteiger partial charge in [-0.2, -0.15) is 0 Å². The SMILES string of the molecule is CC1=C(c2ccccc2)[C@@H]2CC[C@H]1C[C@]2(O)CCN(C)CCCc1nc2ccccc2[nH]1. The summed E-state index contributed by atoms with van der Waals surface area (Å²) in [5.41, 5.74) is 5.81. The minimum Gasteiger partial charge on any atom is -0.389 e. The van der Waals surface area contributed by atoms with Crippen molar-refractivity contribution in [1.82, 2.24) is 14.9 Å². The fourth-order valence-electron chi connectivity index (χ4n) is 6.04. The zero-order chi connectivity index (χ0) is 22.1. The first-order chi connectivity index (χ1) is 15.5. The van der Waals surface area contributed by atoms with Gasteiger partial charge in [-0.1, -0.05) is 48.0 Å². The van der Waals surface area contributed by atoms with Gasteiger partial charge in [-0.25, -0.2) is 4.98 Å². The second-order valence-electron chi connectivity index (χ2n) is 9.95. The predicted molar refractivity (Wildman–Crippen MR) is 131 cm³/mol. The van der Waals surface area contributed by atoms with Gasteiger partial charge in [-0.05, 0) is 81.8 Å². The lowest BCUT2D eigenvalue weighted by Crippen LogP contribution is -2.49. The number of nitrogens with one attached hydrogen (secondary N) is 1. The number of fused-ring (bicyclic) bond motifs is 3. The Morgan fingerprint density at radius 1 is 1.06 bits per heavy atom. The van der Waals surface area contributed by atoms with Crippen LogP contribution >= 0.6 is 0 Å². The number of benzene rings is 2. The average molecular weight is 430 g/mol. The first-order valence-electron chi connectivity index (χ1n) is 12.1. The first kappa shape index (κ1) is 21.4. The largest absolute Gasteiger partial charge is 0.389 e. The Morgan fingerprint density at radius 3 is 2.66 bits per heavy atom. The van der Waals surface area contributed by atoms with Crippen molar-refractivity contribution < 1.29 is 5.11 Å². The number of rotatable bonds is 8. The molecule has 2 bridgehead atoms. The molecular weight excluding hydrogens is 394 g/mol. The Labute approximate surface area is 191 Å². The molecule has 1 heterocycles. The number of aromatic amines is 1. The minimum atomic E-state index is -0.583. The van der Waals surface area contributed by atoms with E-state index < -0.39 is 5.60 Å². The molecule has 0 radical (unpaired) electrons. The average Bonchev–Trinajstić information content (AvgIpc) is 3.22. The fraction of sp³-hybridized carbons (Fsp3) is 0.464. The molecule has 0 unspecified atom stereocenters. The van der Waals surface area contributed by atoms with Crippen LogP contribution in [0.1, 0.15) is 50.4 Å². The van der Waals surface area contributed by atoms with Crippen LogP contribution in [0.2, 0.25) is 0 Å². The molecule has 0 aliphatic heterocycles. The van der Waals surface area contributed by atoms with Crippen LogP contribution < -0.4 is 0 Å². The fourth-order valence-corrected chi connectivity index (χ4v) is 6.04. The molecule has 0 spiro atoms. The van der Waals surface area contributed by atoms with E-state index in [1.807, 2.05) is 12.1 Å². The van der Waals surface area contributed by atoms with Crippen molar-refractivity contribution in [1.29, 1.82) is 0 Å². The van der Waals surface area contributed by atoms with Crippen molar-refractivity contribution in [2.24, 2.45) is 11.8 Å². The van der Waals surface area contributed by atoms with Gasteiger partial charge in [0.15, 0.2) is 0 Å². The summed E-state index contributed by atoms with van der Waals surface area (Å²) in [4.78, 5) is 10.5. The zero-order valence-corrected chi connectivity index (χ0v) is 19.3. The summed E-state index contributed by atoms with van der Waals surface area (Å²) in [6.07, 6.45) is 6.12. The quantitative estimate of drug-likeness (QED) is 0.500. The van der Waals surface area contributed by atoms with E-state index in [1.165, 1.54) is 23.1 Å². The Hall–Kier alpha value is -2.43. The van der Waals surface area contributed by atoms with Crippen LogP contribution in [0.15, 0.2) is 60.2 Å². The third-order valence-corrected chi connectivity index (χ3v) is 7.84. The van der Waals surface area contributed by atoms with Crippen molar-refractivity contribution in [2.45, 2.75) is 51.0 Å². The van der Waals surface area contributed by atoms with Gasteiger partial charge in [0.2, 0.25) is 0 Å². The summed E-state index contributed by atoms with van der Waals surface area (Å²) < 4.78 is 0. The van der Waals surface area contributed by atoms with Crippen molar-refractivity contribution in [3.05, 3.63) is 71.6 Å². The van der Waals surface area contributed by atoms with Gasteiger partial charge < -0.3 is 15.0 Å². The molecule has 0 amide bonds. The lowest BCUT2D eigenvalue weighted by Gasteiger charge is -2.51. The standard InChI is InChI=1S/C28H35N3O/c1-20-22-14-15-23(27(20)21-9-4-3-5-10-21)28(32,19-22)16-18-31(2)17-8-13-26-29-24-11-6-7-12-25(24)30-26/h3-7,9-12,22-23,32H,8,13-19H2,1-2H3,(H,29,30)/t22-,23-,28+/m0/s1. The highest BCUT2D eigenvalue weighted by Gasteiger charge is 2.49. The molecule has 168 valence electrons. The molecule has 3 atom stereocenters. The summed E-state index contributed by atoms with van der Waals surface area (Å²) in [6.45, 7) is 4.24. The Balaban J connectivity index is 1.18. The smallest absolute Gasteiger partial charge is 0.107 e. The summed E-state index contributed by atoms with van der Waals surface area (Å²) in [6, 6.07) is 18.9. The van der Waals surface area contributed by atoms with Crippen LogP contribution in [0.5, 0.6) is 0 Å². The van der Waals surface area contributed by atoms with Gasteiger partial charge in [0.05, 0.1) is 16.6 Å². The number of hydrogen-bond acceptors (Lipinski definition) is 3. The molecule has 0 saturated heterocycles. The molecule has 32 heavy (non-hydrogen) atoms. The Morgan fingerprint density at radius 2 is 1.84 bits per heavy atom. The predicted octanol–water partition coefficient (Wildman–Crippen LogP) is 5.45. The van der Waals surface area contributed by atoms with Gasteiger partial charge in [0.1, 0.15) is 5.82 Å². The highest BCUT2D eigenvalue weighted by molar-refractivity contribution is 5.75. The van der Waals surface area contributed by atoms with Crippen molar-refractivity contribution in [3.63, 3.8) is 0 Å². The van der Waals surface area contributed by atoms with E-state index in [2.05, 4.69) is 66.3 Å². The highest BCUT2D eigenvalue weighted by atomic mass is 16.3. The van der Waals surface area contributed by atoms with E-state index in [0.29, 0.717) is 5.92 Å². The summed E-state index contributed by atoms with van der Waals surface area (Å²) in [5, 5.41) is 11.8. The summed E-state index contributed by atoms with van der Waals surface area (Å²) in [5.74, 6) is 1.85. The number of aromatic nitrogens is 2. The number of aliphatic hydroxyl groups is 1. The van der Waals surface area contributed by atoms with Crippen LogP contribution in [0.4, 0.5) is 0 Å². The van der Waals surface area contributed by atoms with Crippen LogP contribution in [-0.4, -0.2) is 45.7 Å². The molecule has 1 fully saturated rings. The van der Waals surface area contributed by atoms with Gasteiger partial charge in [0, 0.05) is 18.9 Å². The number of para-hydroxylation sites is 2. The molecule has 2 N–H and O–H groups in total. The maximum Gasteiger partial charge on any atom is 0.107 e. The third-order valence-electron chi connectivity index (χ3n) is 7.84. The van der Waals surface area contributed by atoms with Gasteiger partial charge in [-0.3, -0.25) is 0 Å². The maximum absolute atomic E-state index is 11.8. The lowest BCUT2D eigenvalue weighted by atomic mass is 9.57. The van der Waals surface area contributed by atoms with Gasteiger partial charge >= 0.3 is 0 Å². The molecule has 1 saturated carbocycles. The van der Waals surface area contributed by atoms with E-state index >= 15 is 0 Å².